The van der Waals surface area contributed by atoms with Gasteiger partial charge >= 0.3 is 0 Å². The molecule has 0 unspecified atom stereocenters. The molecule has 2 N–H and O–H groups in total. The molecule has 0 spiro atoms. The smallest absolute Gasteiger partial charge is 0.252 e. The van der Waals surface area contributed by atoms with Crippen molar-refractivity contribution in [2.75, 3.05) is 19.6 Å². The maximum atomic E-state index is 12.0. The lowest BCUT2D eigenvalue weighted by Gasteiger charge is -2.30. The summed E-state index contributed by atoms with van der Waals surface area (Å²) in [6, 6.07) is 12.0. The number of aliphatic hydroxyl groups excluding tert-OH is 1. The minimum Gasteiger partial charge on any atom is -0.390 e. The average molecular weight is 325 g/mol. The molecule has 0 aliphatic carbocycles. The molecule has 0 saturated carbocycles. The fourth-order valence-corrected chi connectivity index (χ4v) is 2.99. The molecule has 1 aromatic carbocycles. The van der Waals surface area contributed by atoms with Crippen molar-refractivity contribution in [1.82, 2.24) is 15.2 Å². The van der Waals surface area contributed by atoms with Crippen LogP contribution in [-0.4, -0.2) is 46.6 Å². The number of carbonyl (C=O) groups excluding carboxylic acids is 1. The normalized spacial score (nSPS) is 15.6. The molecule has 0 fully saturated rings. The van der Waals surface area contributed by atoms with Crippen LogP contribution in [0.25, 0.3) is 0 Å². The molecular weight excluding hydrogens is 302 g/mol. The fourth-order valence-electron chi connectivity index (χ4n) is 2.99. The molecule has 126 valence electrons. The number of hydrogen-bond donors (Lipinski definition) is 2. The van der Waals surface area contributed by atoms with Crippen LogP contribution in [0.15, 0.2) is 42.6 Å². The number of aryl methyl sites for hydroxylation is 1. The molecule has 1 amide bonds. The van der Waals surface area contributed by atoms with Gasteiger partial charge in [-0.05, 0) is 36.6 Å². The Morgan fingerprint density at radius 3 is 2.83 bits per heavy atom. The molecule has 3 rings (SSSR count). The van der Waals surface area contributed by atoms with Crippen molar-refractivity contribution in [3.05, 3.63) is 65.0 Å². The number of β-amino-alcohol motifs (C(OH)–C–C–N with tert-alkyl or cyclic N) is 1. The third-order valence-electron chi connectivity index (χ3n) is 4.35. The standard InChI is InChI=1S/C19H23N3O2/c1-14-6-7-16(10-20-14)19(24)21-11-18(23)13-22-9-8-15-4-2-3-5-17(15)12-22/h2-7,10,18,23H,8-9,11-13H2,1H3,(H,21,24)/t18-/m0/s1. The largest absolute Gasteiger partial charge is 0.390 e. The molecule has 5 nitrogen and oxygen atoms in total. The maximum Gasteiger partial charge on any atom is 0.252 e. The first-order valence-corrected chi connectivity index (χ1v) is 8.30. The van der Waals surface area contributed by atoms with Crippen molar-refractivity contribution in [2.24, 2.45) is 0 Å². The topological polar surface area (TPSA) is 65.5 Å². The van der Waals surface area contributed by atoms with E-state index in [0.29, 0.717) is 12.1 Å². The highest BCUT2D eigenvalue weighted by Crippen LogP contribution is 2.18. The van der Waals surface area contributed by atoms with Crippen LogP contribution in [0.4, 0.5) is 0 Å². The first-order chi connectivity index (χ1) is 11.6. The number of carbonyl (C=O) groups is 1. The number of pyridine rings is 1. The number of fused-ring (bicyclic) bond motifs is 1. The summed E-state index contributed by atoms with van der Waals surface area (Å²) in [6.07, 6.45) is 1.97. The van der Waals surface area contributed by atoms with E-state index in [-0.39, 0.29) is 12.5 Å². The maximum absolute atomic E-state index is 12.0. The highest BCUT2D eigenvalue weighted by Gasteiger charge is 2.18. The van der Waals surface area contributed by atoms with Crippen LogP contribution in [0, 0.1) is 6.92 Å². The molecule has 24 heavy (non-hydrogen) atoms. The number of hydrogen-bond acceptors (Lipinski definition) is 4. The van der Waals surface area contributed by atoms with E-state index in [1.165, 1.54) is 11.1 Å². The summed E-state index contributed by atoms with van der Waals surface area (Å²) in [7, 11) is 0. The molecule has 5 heteroatoms. The summed E-state index contributed by atoms with van der Waals surface area (Å²) in [5.74, 6) is -0.203. The number of amides is 1. The Hall–Kier alpha value is -2.24. The van der Waals surface area contributed by atoms with Crippen LogP contribution in [0.2, 0.25) is 0 Å². The van der Waals surface area contributed by atoms with Crippen molar-refractivity contribution in [1.29, 1.82) is 0 Å². The summed E-state index contributed by atoms with van der Waals surface area (Å²) < 4.78 is 0. The van der Waals surface area contributed by atoms with Gasteiger partial charge in [-0.1, -0.05) is 24.3 Å². The SMILES string of the molecule is Cc1ccc(C(=O)NC[C@H](O)CN2CCc3ccccc3C2)cn1. The van der Waals surface area contributed by atoms with Gasteiger partial charge in [0.05, 0.1) is 11.7 Å². The fraction of sp³-hybridized carbons (Fsp3) is 0.368. The molecule has 2 heterocycles. The summed E-state index contributed by atoms with van der Waals surface area (Å²) in [6.45, 7) is 4.46. The highest BCUT2D eigenvalue weighted by atomic mass is 16.3. The monoisotopic (exact) mass is 325 g/mol. The molecule has 0 saturated heterocycles. The zero-order valence-corrected chi connectivity index (χ0v) is 13.9. The van der Waals surface area contributed by atoms with E-state index < -0.39 is 6.10 Å². The van der Waals surface area contributed by atoms with Crippen molar-refractivity contribution in [2.45, 2.75) is 26.0 Å². The van der Waals surface area contributed by atoms with E-state index >= 15 is 0 Å². The van der Waals surface area contributed by atoms with Crippen LogP contribution in [0.1, 0.15) is 27.2 Å². The molecule has 1 aliphatic rings. The summed E-state index contributed by atoms with van der Waals surface area (Å²) >= 11 is 0. The van der Waals surface area contributed by atoms with Crippen molar-refractivity contribution < 1.29 is 9.90 Å². The third kappa shape index (κ3) is 4.19. The number of rotatable bonds is 5. The minimum absolute atomic E-state index is 0.203. The second-order valence-electron chi connectivity index (χ2n) is 6.31. The summed E-state index contributed by atoms with van der Waals surface area (Å²) in [5.41, 5.74) is 4.10. The minimum atomic E-state index is -0.586. The highest BCUT2D eigenvalue weighted by molar-refractivity contribution is 5.93. The first kappa shape index (κ1) is 16.6. The Labute approximate surface area is 142 Å². The van der Waals surface area contributed by atoms with Crippen LogP contribution >= 0.6 is 0 Å². The lowest BCUT2D eigenvalue weighted by molar-refractivity contribution is 0.0841. The molecule has 1 aliphatic heterocycles. The number of aromatic nitrogens is 1. The van der Waals surface area contributed by atoms with Gasteiger partial charge in [0.25, 0.3) is 5.91 Å². The van der Waals surface area contributed by atoms with E-state index in [9.17, 15) is 9.90 Å². The van der Waals surface area contributed by atoms with Crippen molar-refractivity contribution in [3.8, 4) is 0 Å². The Bertz CT molecular complexity index is 700. The Morgan fingerprint density at radius 2 is 2.08 bits per heavy atom. The summed E-state index contributed by atoms with van der Waals surface area (Å²) in [5, 5.41) is 13.0. The molecule has 1 aromatic heterocycles. The quantitative estimate of drug-likeness (QED) is 0.875. The van der Waals surface area contributed by atoms with Gasteiger partial charge in [-0.3, -0.25) is 14.7 Å². The lowest BCUT2D eigenvalue weighted by Crippen LogP contribution is -2.42. The van der Waals surface area contributed by atoms with E-state index in [1.54, 1.807) is 18.3 Å². The Balaban J connectivity index is 1.47. The van der Waals surface area contributed by atoms with Crippen molar-refractivity contribution in [3.63, 3.8) is 0 Å². The molecular formula is C19H23N3O2. The second kappa shape index (κ2) is 7.55. The number of nitrogens with zero attached hydrogens (tertiary/aromatic N) is 2. The van der Waals surface area contributed by atoms with Crippen LogP contribution < -0.4 is 5.32 Å². The van der Waals surface area contributed by atoms with E-state index in [1.807, 2.05) is 6.92 Å². The van der Waals surface area contributed by atoms with Crippen molar-refractivity contribution >= 4 is 5.91 Å². The average Bonchev–Trinajstić information content (AvgIpc) is 2.60. The lowest BCUT2D eigenvalue weighted by atomic mass is 10.00. The van der Waals surface area contributed by atoms with Gasteiger partial charge in [0, 0.05) is 38.1 Å². The van der Waals surface area contributed by atoms with E-state index in [2.05, 4.69) is 39.5 Å². The summed E-state index contributed by atoms with van der Waals surface area (Å²) in [4.78, 5) is 18.4. The Morgan fingerprint density at radius 1 is 1.29 bits per heavy atom. The van der Waals surface area contributed by atoms with E-state index in [4.69, 9.17) is 0 Å². The zero-order chi connectivity index (χ0) is 16.9. The van der Waals surface area contributed by atoms with Gasteiger partial charge in [0.1, 0.15) is 0 Å². The van der Waals surface area contributed by atoms with E-state index in [0.717, 1.165) is 25.2 Å². The number of nitrogens with one attached hydrogen (secondary N) is 1. The van der Waals surface area contributed by atoms with Gasteiger partial charge in [-0.25, -0.2) is 0 Å². The van der Waals surface area contributed by atoms with Gasteiger partial charge < -0.3 is 10.4 Å². The molecule has 0 bridgehead atoms. The zero-order valence-electron chi connectivity index (χ0n) is 13.9. The van der Waals surface area contributed by atoms with Crippen LogP contribution in [0.5, 0.6) is 0 Å². The molecule has 0 radical (unpaired) electrons. The van der Waals surface area contributed by atoms with Crippen LogP contribution in [-0.2, 0) is 13.0 Å². The first-order valence-electron chi connectivity index (χ1n) is 8.30. The Kier molecular flexibility index (Phi) is 5.23. The predicted octanol–water partition coefficient (Wildman–Crippen LogP) is 1.54. The molecule has 1 atom stereocenters. The van der Waals surface area contributed by atoms with Crippen LogP contribution in [0.3, 0.4) is 0 Å². The van der Waals surface area contributed by atoms with Gasteiger partial charge in [-0.15, -0.1) is 0 Å². The predicted molar refractivity (Wildman–Crippen MR) is 92.7 cm³/mol. The number of aliphatic hydroxyl groups is 1. The second-order valence-corrected chi connectivity index (χ2v) is 6.31. The van der Waals surface area contributed by atoms with Gasteiger partial charge in [0.15, 0.2) is 0 Å². The number of benzene rings is 1. The van der Waals surface area contributed by atoms with Gasteiger partial charge in [-0.2, -0.15) is 0 Å². The third-order valence-corrected chi connectivity index (χ3v) is 4.35. The molecule has 2 aromatic rings. The van der Waals surface area contributed by atoms with Gasteiger partial charge in [0.2, 0.25) is 0 Å².